The van der Waals surface area contributed by atoms with Crippen molar-refractivity contribution in [3.63, 3.8) is 0 Å². The number of amides is 1. The number of nitrogens with one attached hydrogen (secondary N) is 2. The third kappa shape index (κ3) is 2.31. The van der Waals surface area contributed by atoms with Crippen LogP contribution in [0.25, 0.3) is 0 Å². The largest absolute Gasteiger partial charge is 0.355 e. The molecule has 3 atom stereocenters. The Morgan fingerprint density at radius 2 is 1.89 bits per heavy atom. The predicted octanol–water partition coefficient (Wildman–Crippen LogP) is 2.32. The summed E-state index contributed by atoms with van der Waals surface area (Å²) in [5, 5.41) is 6.79. The number of hydrogen-bond acceptors (Lipinski definition) is 2. The van der Waals surface area contributed by atoms with Crippen LogP contribution in [0.15, 0.2) is 0 Å². The monoisotopic (exact) mass is 264 g/mol. The highest BCUT2D eigenvalue weighted by atomic mass is 16.2. The first kappa shape index (κ1) is 13.4. The van der Waals surface area contributed by atoms with Crippen LogP contribution in [0.4, 0.5) is 0 Å². The highest BCUT2D eigenvalue weighted by molar-refractivity contribution is 5.80. The molecule has 3 aliphatic carbocycles. The Morgan fingerprint density at radius 3 is 2.47 bits per heavy atom. The molecule has 0 aromatic carbocycles. The van der Waals surface area contributed by atoms with E-state index in [4.69, 9.17) is 0 Å². The topological polar surface area (TPSA) is 41.1 Å². The molecule has 0 saturated heterocycles. The van der Waals surface area contributed by atoms with Crippen LogP contribution in [-0.2, 0) is 4.79 Å². The van der Waals surface area contributed by atoms with Crippen molar-refractivity contribution in [2.75, 3.05) is 13.1 Å². The van der Waals surface area contributed by atoms with Crippen LogP contribution in [0.5, 0.6) is 0 Å². The van der Waals surface area contributed by atoms with Gasteiger partial charge in [0.25, 0.3) is 0 Å². The molecule has 0 aromatic heterocycles. The Hall–Kier alpha value is -0.570. The Labute approximate surface area is 116 Å². The molecular weight excluding hydrogens is 236 g/mol. The molecule has 2 N–H and O–H groups in total. The number of carbonyl (C=O) groups excluding carboxylic acids is 1. The standard InChI is InChI=1S/C16H28N2O/c1-15(2)12-6-7-16(3,10-12)14(15)18-9-8-17-13(19)11-4-5-11/h11-12,14,18H,4-10H2,1-3H3,(H,17,19)/t12-,14?,16+/m0/s1. The van der Waals surface area contributed by atoms with Crippen molar-refractivity contribution in [2.45, 2.75) is 58.9 Å². The van der Waals surface area contributed by atoms with Gasteiger partial charge in [-0.05, 0) is 48.9 Å². The first-order valence-corrected chi connectivity index (χ1v) is 7.94. The summed E-state index contributed by atoms with van der Waals surface area (Å²) >= 11 is 0. The van der Waals surface area contributed by atoms with Gasteiger partial charge in [-0.15, -0.1) is 0 Å². The quantitative estimate of drug-likeness (QED) is 0.748. The van der Waals surface area contributed by atoms with Crippen molar-refractivity contribution in [3.8, 4) is 0 Å². The zero-order valence-electron chi connectivity index (χ0n) is 12.6. The molecule has 0 aromatic rings. The average molecular weight is 264 g/mol. The summed E-state index contributed by atoms with van der Waals surface area (Å²) in [5.41, 5.74) is 0.891. The first-order valence-electron chi connectivity index (χ1n) is 7.94. The molecule has 0 radical (unpaired) electrons. The van der Waals surface area contributed by atoms with Gasteiger partial charge in [0, 0.05) is 25.0 Å². The normalized spacial score (nSPS) is 39.5. The van der Waals surface area contributed by atoms with Crippen molar-refractivity contribution in [1.29, 1.82) is 0 Å². The molecule has 3 aliphatic rings. The van der Waals surface area contributed by atoms with Gasteiger partial charge in [-0.3, -0.25) is 4.79 Å². The predicted molar refractivity (Wildman–Crippen MR) is 76.8 cm³/mol. The van der Waals surface area contributed by atoms with Gasteiger partial charge in [-0.2, -0.15) is 0 Å². The molecule has 0 heterocycles. The molecule has 2 bridgehead atoms. The zero-order valence-corrected chi connectivity index (χ0v) is 12.6. The molecule has 3 saturated carbocycles. The van der Waals surface area contributed by atoms with E-state index in [0.717, 1.165) is 31.8 Å². The van der Waals surface area contributed by atoms with Gasteiger partial charge in [0.1, 0.15) is 0 Å². The van der Waals surface area contributed by atoms with E-state index in [1.165, 1.54) is 19.3 Å². The number of fused-ring (bicyclic) bond motifs is 2. The van der Waals surface area contributed by atoms with Gasteiger partial charge in [0.15, 0.2) is 0 Å². The Kier molecular flexibility index (Phi) is 3.16. The lowest BCUT2D eigenvalue weighted by Crippen LogP contribution is -2.52. The number of rotatable bonds is 5. The van der Waals surface area contributed by atoms with Crippen LogP contribution in [0.1, 0.15) is 52.9 Å². The summed E-state index contributed by atoms with van der Waals surface area (Å²) in [6, 6.07) is 0.608. The zero-order chi connectivity index (χ0) is 13.7. The van der Waals surface area contributed by atoms with Gasteiger partial charge in [-0.1, -0.05) is 20.8 Å². The average Bonchev–Trinajstić information content (AvgIpc) is 3.08. The van der Waals surface area contributed by atoms with E-state index in [1.54, 1.807) is 0 Å². The summed E-state index contributed by atoms with van der Waals surface area (Å²) in [4.78, 5) is 11.6. The SMILES string of the molecule is CC1(C)C(NCCNC(=O)C2CC2)[C@]2(C)CC[C@H]1C2. The fraction of sp³-hybridized carbons (Fsp3) is 0.938. The maximum atomic E-state index is 11.6. The first-order chi connectivity index (χ1) is 8.93. The Morgan fingerprint density at radius 1 is 1.16 bits per heavy atom. The van der Waals surface area contributed by atoms with Gasteiger partial charge < -0.3 is 10.6 Å². The van der Waals surface area contributed by atoms with E-state index in [2.05, 4.69) is 31.4 Å². The molecule has 0 spiro atoms. The van der Waals surface area contributed by atoms with E-state index < -0.39 is 0 Å². The van der Waals surface area contributed by atoms with E-state index in [1.807, 2.05) is 0 Å². The van der Waals surface area contributed by atoms with Gasteiger partial charge >= 0.3 is 0 Å². The fourth-order valence-corrected chi connectivity index (χ4v) is 4.70. The van der Waals surface area contributed by atoms with Crippen molar-refractivity contribution in [1.82, 2.24) is 10.6 Å². The van der Waals surface area contributed by atoms with E-state index in [9.17, 15) is 4.79 Å². The third-order valence-corrected chi connectivity index (χ3v) is 5.99. The summed E-state index contributed by atoms with van der Waals surface area (Å²) in [7, 11) is 0. The minimum atomic E-state index is 0.264. The summed E-state index contributed by atoms with van der Waals surface area (Å²) in [6.45, 7) is 8.98. The second kappa shape index (κ2) is 4.47. The van der Waals surface area contributed by atoms with Crippen molar-refractivity contribution in [2.24, 2.45) is 22.7 Å². The molecule has 3 nitrogen and oxygen atoms in total. The van der Waals surface area contributed by atoms with Gasteiger partial charge in [-0.25, -0.2) is 0 Å². The lowest BCUT2D eigenvalue weighted by molar-refractivity contribution is -0.122. The van der Waals surface area contributed by atoms with Crippen LogP contribution < -0.4 is 10.6 Å². The van der Waals surface area contributed by atoms with Gasteiger partial charge in [0.2, 0.25) is 5.91 Å². The van der Waals surface area contributed by atoms with E-state index in [0.29, 0.717) is 22.8 Å². The molecule has 108 valence electrons. The molecule has 1 amide bonds. The summed E-state index contributed by atoms with van der Waals surface area (Å²) < 4.78 is 0. The minimum absolute atomic E-state index is 0.264. The van der Waals surface area contributed by atoms with E-state index in [-0.39, 0.29) is 5.91 Å². The van der Waals surface area contributed by atoms with Crippen LogP contribution in [0.2, 0.25) is 0 Å². The number of hydrogen-bond donors (Lipinski definition) is 2. The van der Waals surface area contributed by atoms with Crippen molar-refractivity contribution < 1.29 is 4.79 Å². The number of carbonyl (C=O) groups is 1. The molecule has 3 rings (SSSR count). The molecule has 3 fully saturated rings. The van der Waals surface area contributed by atoms with Crippen LogP contribution in [0.3, 0.4) is 0 Å². The smallest absolute Gasteiger partial charge is 0.223 e. The van der Waals surface area contributed by atoms with Gasteiger partial charge in [0.05, 0.1) is 0 Å². The van der Waals surface area contributed by atoms with Crippen LogP contribution >= 0.6 is 0 Å². The molecular formula is C16H28N2O. The van der Waals surface area contributed by atoms with E-state index >= 15 is 0 Å². The third-order valence-electron chi connectivity index (χ3n) is 5.99. The maximum absolute atomic E-state index is 11.6. The lowest BCUT2D eigenvalue weighted by Gasteiger charge is -2.43. The fourth-order valence-electron chi connectivity index (χ4n) is 4.70. The molecule has 3 heteroatoms. The molecule has 0 aliphatic heterocycles. The highest BCUT2D eigenvalue weighted by Crippen LogP contribution is 2.62. The second-order valence-corrected chi connectivity index (χ2v) is 7.87. The minimum Gasteiger partial charge on any atom is -0.355 e. The van der Waals surface area contributed by atoms with Crippen LogP contribution in [-0.4, -0.2) is 25.0 Å². The van der Waals surface area contributed by atoms with Crippen LogP contribution in [0, 0.1) is 22.7 Å². The highest BCUT2D eigenvalue weighted by Gasteiger charge is 2.58. The molecule has 1 unspecified atom stereocenters. The van der Waals surface area contributed by atoms with Crippen molar-refractivity contribution >= 4 is 5.91 Å². The Balaban J connectivity index is 1.48. The lowest BCUT2D eigenvalue weighted by atomic mass is 9.68. The summed E-state index contributed by atoms with van der Waals surface area (Å²) in [6.07, 6.45) is 6.34. The maximum Gasteiger partial charge on any atom is 0.223 e. The summed E-state index contributed by atoms with van der Waals surface area (Å²) in [5.74, 6) is 1.48. The second-order valence-electron chi connectivity index (χ2n) is 7.87. The molecule has 19 heavy (non-hydrogen) atoms. The Bertz CT molecular complexity index is 370. The van der Waals surface area contributed by atoms with Crippen molar-refractivity contribution in [3.05, 3.63) is 0 Å².